The Labute approximate surface area is 59.5 Å². The van der Waals surface area contributed by atoms with Gasteiger partial charge in [-0.3, -0.25) is 0 Å². The van der Waals surface area contributed by atoms with Gasteiger partial charge in [-0.2, -0.15) is 0 Å². The second-order valence-corrected chi connectivity index (χ2v) is 2.72. The lowest BCUT2D eigenvalue weighted by atomic mass is 9.99. The predicted molar refractivity (Wildman–Crippen MR) is 38.5 cm³/mol. The molecule has 2 nitrogen and oxygen atoms in total. The lowest BCUT2D eigenvalue weighted by Gasteiger charge is -2.05. The molecular formula is C8H9NO. The molecule has 0 saturated carbocycles. The molecule has 0 saturated heterocycles. The van der Waals surface area contributed by atoms with Gasteiger partial charge in [-0.25, -0.2) is 0 Å². The minimum Gasteiger partial charge on any atom is -0.364 e. The summed E-state index contributed by atoms with van der Waals surface area (Å²) in [4.78, 5) is 0. The number of hydrogen-bond donors (Lipinski definition) is 0. The van der Waals surface area contributed by atoms with Gasteiger partial charge in [-0.15, -0.1) is 0 Å². The van der Waals surface area contributed by atoms with E-state index in [4.69, 9.17) is 4.52 Å². The van der Waals surface area contributed by atoms with E-state index in [0.717, 1.165) is 18.5 Å². The highest BCUT2D eigenvalue weighted by molar-refractivity contribution is 5.54. The van der Waals surface area contributed by atoms with Crippen LogP contribution in [-0.2, 0) is 6.42 Å². The summed E-state index contributed by atoms with van der Waals surface area (Å²) in [6, 6.07) is 0. The van der Waals surface area contributed by atoms with Crippen molar-refractivity contribution in [3.8, 4) is 0 Å². The van der Waals surface area contributed by atoms with Gasteiger partial charge in [0.15, 0.2) is 0 Å². The summed E-state index contributed by atoms with van der Waals surface area (Å²) in [6.07, 6.45) is 6.05. The summed E-state index contributed by atoms with van der Waals surface area (Å²) in [6.45, 7) is 2.12. The van der Waals surface area contributed by atoms with E-state index in [1.54, 1.807) is 6.26 Å². The van der Waals surface area contributed by atoms with Crippen molar-refractivity contribution in [1.29, 1.82) is 0 Å². The van der Waals surface area contributed by atoms with Crippen molar-refractivity contribution in [1.82, 2.24) is 5.16 Å². The Bertz CT molecular complexity index is 273. The van der Waals surface area contributed by atoms with Gasteiger partial charge in [0.25, 0.3) is 0 Å². The highest BCUT2D eigenvalue weighted by Crippen LogP contribution is 2.21. The Morgan fingerprint density at radius 1 is 1.50 bits per heavy atom. The third-order valence-electron chi connectivity index (χ3n) is 1.85. The molecule has 0 bridgehead atoms. The van der Waals surface area contributed by atoms with Crippen molar-refractivity contribution < 1.29 is 4.52 Å². The molecule has 0 N–H and O–H groups in total. The molecule has 0 spiro atoms. The topological polar surface area (TPSA) is 26.0 Å². The first-order valence-electron chi connectivity index (χ1n) is 3.47. The molecule has 1 aliphatic rings. The molecule has 10 heavy (non-hydrogen) atoms. The smallest absolute Gasteiger partial charge is 0.127 e. The summed E-state index contributed by atoms with van der Waals surface area (Å²) in [5.74, 6) is 0. The van der Waals surface area contributed by atoms with E-state index < -0.39 is 0 Å². The summed E-state index contributed by atoms with van der Waals surface area (Å²) < 4.78 is 4.82. The van der Waals surface area contributed by atoms with Crippen molar-refractivity contribution in [3.05, 3.63) is 23.1 Å². The fourth-order valence-electron chi connectivity index (χ4n) is 1.21. The van der Waals surface area contributed by atoms with Crippen molar-refractivity contribution in [2.45, 2.75) is 19.8 Å². The first kappa shape index (κ1) is 5.71. The third kappa shape index (κ3) is 0.764. The van der Waals surface area contributed by atoms with E-state index in [1.165, 1.54) is 11.1 Å². The average molecular weight is 135 g/mol. The zero-order chi connectivity index (χ0) is 6.97. The number of rotatable bonds is 0. The van der Waals surface area contributed by atoms with Gasteiger partial charge in [0.05, 0.1) is 0 Å². The molecule has 0 amide bonds. The number of nitrogens with zero attached hydrogens (tertiary/aromatic N) is 1. The largest absolute Gasteiger partial charge is 0.364 e. The predicted octanol–water partition coefficient (Wildman–Crippen LogP) is 2.02. The molecule has 1 aromatic heterocycles. The second-order valence-electron chi connectivity index (χ2n) is 2.72. The van der Waals surface area contributed by atoms with Crippen LogP contribution in [0.2, 0.25) is 0 Å². The Morgan fingerprint density at radius 3 is 3.30 bits per heavy atom. The minimum absolute atomic E-state index is 1.02. The molecule has 2 rings (SSSR count). The first-order valence-corrected chi connectivity index (χ1v) is 3.47. The zero-order valence-electron chi connectivity index (χ0n) is 5.92. The zero-order valence-corrected chi connectivity index (χ0v) is 5.92. The van der Waals surface area contributed by atoms with E-state index in [9.17, 15) is 0 Å². The van der Waals surface area contributed by atoms with E-state index >= 15 is 0 Å². The maximum absolute atomic E-state index is 4.82. The van der Waals surface area contributed by atoms with Gasteiger partial charge in [-0.05, 0) is 25.8 Å². The number of aryl methyl sites for hydroxylation is 1. The molecule has 0 radical (unpaired) electrons. The average Bonchev–Trinajstić information content (AvgIpc) is 2.33. The van der Waals surface area contributed by atoms with Gasteiger partial charge in [0.2, 0.25) is 0 Å². The molecule has 52 valence electrons. The molecule has 1 heterocycles. The van der Waals surface area contributed by atoms with Crippen LogP contribution in [-0.4, -0.2) is 5.16 Å². The van der Waals surface area contributed by atoms with Crippen molar-refractivity contribution >= 4 is 6.08 Å². The van der Waals surface area contributed by atoms with Gasteiger partial charge in [0.1, 0.15) is 12.0 Å². The van der Waals surface area contributed by atoms with E-state index in [2.05, 4.69) is 18.2 Å². The Hall–Kier alpha value is -1.05. The van der Waals surface area contributed by atoms with Gasteiger partial charge >= 0.3 is 0 Å². The summed E-state index contributed by atoms with van der Waals surface area (Å²) in [7, 11) is 0. The second kappa shape index (κ2) is 1.97. The van der Waals surface area contributed by atoms with Gasteiger partial charge < -0.3 is 4.52 Å². The molecule has 0 fully saturated rings. The fraction of sp³-hybridized carbons (Fsp3) is 0.375. The normalized spacial score (nSPS) is 16.3. The molecule has 1 aliphatic carbocycles. The summed E-state index contributed by atoms with van der Waals surface area (Å²) >= 11 is 0. The molecule has 1 aromatic rings. The van der Waals surface area contributed by atoms with Crippen LogP contribution in [0, 0.1) is 0 Å². The van der Waals surface area contributed by atoms with E-state index in [1.807, 2.05) is 0 Å². The number of allylic oxidation sites excluding steroid dienone is 1. The van der Waals surface area contributed by atoms with Crippen LogP contribution in [0.4, 0.5) is 0 Å². The van der Waals surface area contributed by atoms with Gasteiger partial charge in [-0.1, -0.05) is 10.7 Å². The fourth-order valence-corrected chi connectivity index (χ4v) is 1.21. The Balaban J connectivity index is 2.50. The number of hydrogen-bond acceptors (Lipinski definition) is 2. The van der Waals surface area contributed by atoms with E-state index in [-0.39, 0.29) is 0 Å². The Kier molecular flexibility index (Phi) is 1.13. The van der Waals surface area contributed by atoms with Gasteiger partial charge in [0, 0.05) is 5.56 Å². The van der Waals surface area contributed by atoms with Crippen molar-refractivity contribution in [2.24, 2.45) is 0 Å². The molecule has 0 unspecified atom stereocenters. The van der Waals surface area contributed by atoms with Crippen LogP contribution >= 0.6 is 0 Å². The van der Waals surface area contributed by atoms with Crippen LogP contribution < -0.4 is 0 Å². The Morgan fingerprint density at radius 2 is 2.40 bits per heavy atom. The lowest BCUT2D eigenvalue weighted by molar-refractivity contribution is 0.417. The molecule has 0 aromatic carbocycles. The highest BCUT2D eigenvalue weighted by atomic mass is 16.5. The molecule has 0 aliphatic heterocycles. The third-order valence-corrected chi connectivity index (χ3v) is 1.85. The van der Waals surface area contributed by atoms with Crippen molar-refractivity contribution in [2.75, 3.05) is 0 Å². The standard InChI is InChI=1S/C8H9NO/c1-6-2-3-7-5-10-9-8(7)4-6/h4-5H,2-3H2,1H3. The summed E-state index contributed by atoms with van der Waals surface area (Å²) in [5, 5.41) is 3.86. The summed E-state index contributed by atoms with van der Waals surface area (Å²) in [5.41, 5.74) is 3.65. The van der Waals surface area contributed by atoms with Crippen LogP contribution in [0.1, 0.15) is 24.6 Å². The van der Waals surface area contributed by atoms with Crippen LogP contribution in [0.15, 0.2) is 16.4 Å². The molecular weight excluding hydrogens is 126 g/mol. The highest BCUT2D eigenvalue weighted by Gasteiger charge is 2.10. The van der Waals surface area contributed by atoms with Crippen molar-refractivity contribution in [3.63, 3.8) is 0 Å². The first-order chi connectivity index (χ1) is 4.86. The maximum Gasteiger partial charge on any atom is 0.127 e. The SMILES string of the molecule is CC1=Cc2nocc2CC1. The molecule has 0 atom stereocenters. The minimum atomic E-state index is 1.02. The number of aromatic nitrogens is 1. The monoisotopic (exact) mass is 135 g/mol. The van der Waals surface area contributed by atoms with Crippen LogP contribution in [0.25, 0.3) is 6.08 Å². The van der Waals surface area contributed by atoms with Crippen LogP contribution in [0.3, 0.4) is 0 Å². The number of fused-ring (bicyclic) bond motifs is 1. The molecule has 2 heteroatoms. The quantitative estimate of drug-likeness (QED) is 0.544. The lowest BCUT2D eigenvalue weighted by Crippen LogP contribution is -1.93. The maximum atomic E-state index is 4.82. The van der Waals surface area contributed by atoms with Crippen LogP contribution in [0.5, 0.6) is 0 Å². The van der Waals surface area contributed by atoms with E-state index in [0.29, 0.717) is 0 Å².